The molecule has 0 fully saturated rings. The van der Waals surface area contributed by atoms with Crippen LogP contribution < -0.4 is 0 Å². The largest absolute Gasteiger partial charge is 0.274 e. The average Bonchev–Trinajstić information content (AvgIpc) is 2.87. The zero-order valence-electron chi connectivity index (χ0n) is 11.0. The SMILES string of the molecule is Cc1cc2nc3c(nc2cc1[N+](=O)[O-])SC(=C(C#N)C#N)S3. The lowest BCUT2D eigenvalue weighted by Crippen LogP contribution is -1.95. The first-order chi connectivity index (χ1) is 10.5. The summed E-state index contributed by atoms with van der Waals surface area (Å²) < 4.78 is 0.529. The number of thioether (sulfide) groups is 2. The number of nitro benzene ring substituents is 1. The highest BCUT2D eigenvalue weighted by molar-refractivity contribution is 8.24. The zero-order chi connectivity index (χ0) is 15.9. The van der Waals surface area contributed by atoms with Gasteiger partial charge < -0.3 is 0 Å². The lowest BCUT2D eigenvalue weighted by molar-refractivity contribution is -0.385. The fourth-order valence-corrected chi connectivity index (χ4v) is 4.09. The molecule has 0 bridgehead atoms. The van der Waals surface area contributed by atoms with Crippen LogP contribution in [0.3, 0.4) is 0 Å². The maximum atomic E-state index is 11.0. The van der Waals surface area contributed by atoms with E-state index in [9.17, 15) is 10.1 Å². The molecule has 1 aromatic carbocycles. The molecule has 2 heterocycles. The molecule has 0 saturated heterocycles. The minimum Gasteiger partial charge on any atom is -0.258 e. The number of nitro groups is 1. The summed E-state index contributed by atoms with van der Waals surface area (Å²) in [5.41, 5.74) is 1.48. The van der Waals surface area contributed by atoms with E-state index in [2.05, 4.69) is 9.97 Å². The van der Waals surface area contributed by atoms with E-state index >= 15 is 0 Å². The van der Waals surface area contributed by atoms with Gasteiger partial charge in [0.1, 0.15) is 27.8 Å². The molecule has 0 amide bonds. The van der Waals surface area contributed by atoms with Crippen molar-refractivity contribution in [2.75, 3.05) is 0 Å². The molecule has 9 heteroatoms. The van der Waals surface area contributed by atoms with Crippen molar-refractivity contribution >= 4 is 40.2 Å². The second kappa shape index (κ2) is 5.30. The standard InChI is InChI=1S/C13H5N5O2S2/c1-6-2-8-9(3-10(6)18(19)20)17-12-11(16-8)21-13(22-12)7(4-14)5-15/h2-3H,1H3. The Balaban J connectivity index is 2.17. The number of aromatic nitrogens is 2. The van der Waals surface area contributed by atoms with Crippen LogP contribution in [0.15, 0.2) is 32.0 Å². The predicted molar refractivity (Wildman–Crippen MR) is 80.9 cm³/mol. The topological polar surface area (TPSA) is 116 Å². The molecule has 0 atom stereocenters. The summed E-state index contributed by atoms with van der Waals surface area (Å²) in [5.74, 6) is 0. The summed E-state index contributed by atoms with van der Waals surface area (Å²) in [4.78, 5) is 19.3. The van der Waals surface area contributed by atoms with E-state index in [-0.39, 0.29) is 11.3 Å². The minimum absolute atomic E-state index is 0.0112. The number of hydrogen-bond acceptors (Lipinski definition) is 8. The number of rotatable bonds is 1. The fraction of sp³-hybridized carbons (Fsp3) is 0.0769. The molecule has 1 aliphatic heterocycles. The molecule has 0 saturated carbocycles. The lowest BCUT2D eigenvalue weighted by atomic mass is 10.2. The van der Waals surface area contributed by atoms with Gasteiger partial charge in [-0.25, -0.2) is 9.97 Å². The van der Waals surface area contributed by atoms with Gasteiger partial charge in [0.05, 0.1) is 20.2 Å². The van der Waals surface area contributed by atoms with Crippen molar-refractivity contribution in [3.63, 3.8) is 0 Å². The van der Waals surface area contributed by atoms with E-state index in [0.29, 0.717) is 30.9 Å². The van der Waals surface area contributed by atoms with Crippen LogP contribution in [0, 0.1) is 39.7 Å². The van der Waals surface area contributed by atoms with Gasteiger partial charge in [-0.05, 0) is 13.0 Å². The number of nitriles is 2. The molecule has 2 aromatic rings. The molecule has 0 aliphatic carbocycles. The second-order valence-corrected chi connectivity index (χ2v) is 6.57. The maximum absolute atomic E-state index is 11.0. The number of nitrogens with zero attached hydrogens (tertiary/aromatic N) is 5. The Kier molecular flexibility index (Phi) is 3.45. The summed E-state index contributed by atoms with van der Waals surface area (Å²) in [6, 6.07) is 6.67. The van der Waals surface area contributed by atoms with Gasteiger partial charge in [-0.3, -0.25) is 10.1 Å². The fourth-order valence-electron chi connectivity index (χ4n) is 1.91. The van der Waals surface area contributed by atoms with Crippen LogP contribution in [0.5, 0.6) is 0 Å². The Bertz CT molecular complexity index is 940. The van der Waals surface area contributed by atoms with Crippen LogP contribution in [0.2, 0.25) is 0 Å². The Labute approximate surface area is 132 Å². The third kappa shape index (κ3) is 2.26. The highest BCUT2D eigenvalue weighted by Crippen LogP contribution is 2.50. The van der Waals surface area contributed by atoms with Crippen LogP contribution in [-0.4, -0.2) is 14.9 Å². The molecule has 0 radical (unpaired) electrons. The quantitative estimate of drug-likeness (QED) is 0.445. The number of benzene rings is 1. The van der Waals surface area contributed by atoms with Crippen molar-refractivity contribution in [1.29, 1.82) is 10.5 Å². The molecule has 0 N–H and O–H groups in total. The van der Waals surface area contributed by atoms with Gasteiger partial charge >= 0.3 is 0 Å². The Morgan fingerprint density at radius 3 is 2.23 bits per heavy atom. The molecule has 3 rings (SSSR count). The van der Waals surface area contributed by atoms with Gasteiger partial charge in [0.25, 0.3) is 5.69 Å². The third-order valence-corrected chi connectivity index (χ3v) is 5.29. The van der Waals surface area contributed by atoms with Gasteiger partial charge in [0.15, 0.2) is 0 Å². The summed E-state index contributed by atoms with van der Waals surface area (Å²) in [6.45, 7) is 1.64. The highest BCUT2D eigenvalue weighted by atomic mass is 32.2. The van der Waals surface area contributed by atoms with E-state index in [0.717, 1.165) is 0 Å². The van der Waals surface area contributed by atoms with E-state index in [1.54, 1.807) is 13.0 Å². The Morgan fingerprint density at radius 1 is 1.18 bits per heavy atom. The van der Waals surface area contributed by atoms with E-state index in [1.165, 1.54) is 29.6 Å². The molecular weight excluding hydrogens is 322 g/mol. The zero-order valence-corrected chi connectivity index (χ0v) is 12.7. The molecule has 22 heavy (non-hydrogen) atoms. The average molecular weight is 327 g/mol. The first-order valence-electron chi connectivity index (χ1n) is 5.90. The first kappa shape index (κ1) is 14.3. The van der Waals surface area contributed by atoms with Gasteiger partial charge in [0, 0.05) is 11.6 Å². The lowest BCUT2D eigenvalue weighted by Gasteiger charge is -2.02. The molecule has 7 nitrogen and oxygen atoms in total. The molecule has 106 valence electrons. The van der Waals surface area contributed by atoms with Crippen LogP contribution in [0.1, 0.15) is 5.56 Å². The van der Waals surface area contributed by atoms with Crippen LogP contribution in [0.4, 0.5) is 5.69 Å². The highest BCUT2D eigenvalue weighted by Gasteiger charge is 2.25. The van der Waals surface area contributed by atoms with Gasteiger partial charge in [-0.2, -0.15) is 10.5 Å². The smallest absolute Gasteiger partial charge is 0.258 e. The molecule has 1 aromatic heterocycles. The van der Waals surface area contributed by atoms with Crippen molar-refractivity contribution in [2.45, 2.75) is 17.0 Å². The van der Waals surface area contributed by atoms with Crippen molar-refractivity contribution in [3.05, 3.63) is 37.6 Å². The first-order valence-corrected chi connectivity index (χ1v) is 7.53. The summed E-state index contributed by atoms with van der Waals surface area (Å²) in [6.07, 6.45) is 0. The van der Waals surface area contributed by atoms with E-state index in [1.807, 2.05) is 12.1 Å². The van der Waals surface area contributed by atoms with Crippen LogP contribution in [0.25, 0.3) is 11.0 Å². The Hall–Kier alpha value is -2.62. The van der Waals surface area contributed by atoms with Crippen LogP contribution >= 0.6 is 23.5 Å². The molecule has 0 unspecified atom stereocenters. The minimum atomic E-state index is -0.458. The van der Waals surface area contributed by atoms with Gasteiger partial charge in [0.2, 0.25) is 0 Å². The molecule has 0 spiro atoms. The normalized spacial score (nSPS) is 12.6. The number of fused-ring (bicyclic) bond motifs is 2. The molecule has 1 aliphatic rings. The van der Waals surface area contributed by atoms with Crippen molar-refractivity contribution in [2.24, 2.45) is 0 Å². The summed E-state index contributed by atoms with van der Waals surface area (Å²) >= 11 is 2.40. The monoisotopic (exact) mass is 327 g/mol. The second-order valence-electron chi connectivity index (χ2n) is 4.31. The predicted octanol–water partition coefficient (Wildman–Crippen LogP) is 3.30. The maximum Gasteiger partial charge on any atom is 0.274 e. The Morgan fingerprint density at radius 2 is 1.73 bits per heavy atom. The van der Waals surface area contributed by atoms with E-state index < -0.39 is 4.92 Å². The summed E-state index contributed by atoms with van der Waals surface area (Å²) in [7, 11) is 0. The van der Waals surface area contributed by atoms with Crippen molar-refractivity contribution in [3.8, 4) is 12.1 Å². The third-order valence-electron chi connectivity index (χ3n) is 2.92. The van der Waals surface area contributed by atoms with Gasteiger partial charge in [-0.15, -0.1) is 0 Å². The van der Waals surface area contributed by atoms with Crippen LogP contribution in [-0.2, 0) is 0 Å². The molecular formula is C13H5N5O2S2. The number of hydrogen-bond donors (Lipinski definition) is 0. The number of aryl methyl sites for hydroxylation is 1. The van der Waals surface area contributed by atoms with Crippen molar-refractivity contribution in [1.82, 2.24) is 9.97 Å². The van der Waals surface area contributed by atoms with Crippen molar-refractivity contribution < 1.29 is 4.92 Å². The van der Waals surface area contributed by atoms with E-state index in [4.69, 9.17) is 10.5 Å². The number of allylic oxidation sites excluding steroid dienone is 1. The summed E-state index contributed by atoms with van der Waals surface area (Å²) in [5, 5.41) is 30.0. The van der Waals surface area contributed by atoms with Gasteiger partial charge in [-0.1, -0.05) is 23.5 Å².